The van der Waals surface area contributed by atoms with Crippen LogP contribution in [0.4, 0.5) is 10.5 Å². The largest absolute Gasteiger partial charge is 0.346 e. The molecule has 3 aromatic heterocycles. The van der Waals surface area contributed by atoms with E-state index in [9.17, 15) is 4.79 Å². The van der Waals surface area contributed by atoms with Crippen molar-refractivity contribution >= 4 is 34.1 Å². The third-order valence-electron chi connectivity index (χ3n) is 4.16. The molecule has 6 heteroatoms. The number of aromatic nitrogens is 2. The van der Waals surface area contributed by atoms with Crippen molar-refractivity contribution in [1.29, 1.82) is 0 Å². The predicted octanol–water partition coefficient (Wildman–Crippen LogP) is 5.10. The van der Waals surface area contributed by atoms with E-state index in [4.69, 9.17) is 0 Å². The Bertz CT molecular complexity index is 1050. The highest BCUT2D eigenvalue weighted by Gasteiger charge is 2.13. The summed E-state index contributed by atoms with van der Waals surface area (Å²) in [5.74, 6) is 0. The second-order valence-corrected chi connectivity index (χ2v) is 6.74. The van der Waals surface area contributed by atoms with Gasteiger partial charge in [0.1, 0.15) is 5.65 Å². The van der Waals surface area contributed by atoms with Crippen LogP contribution in [-0.2, 0) is 0 Å². The highest BCUT2D eigenvalue weighted by Crippen LogP contribution is 2.39. The number of hydrogen-bond acceptors (Lipinski definition) is 3. The number of carbonyl (C=O) groups excluding carboxylic acids is 1. The summed E-state index contributed by atoms with van der Waals surface area (Å²) in [6, 6.07) is 13.9. The molecular weight excluding hydrogens is 344 g/mol. The van der Waals surface area contributed by atoms with Crippen molar-refractivity contribution in [1.82, 2.24) is 15.3 Å². The Hall–Kier alpha value is -3.12. The topological polar surface area (TPSA) is 69.8 Å². The molecule has 0 saturated carbocycles. The average Bonchev–Trinajstić information content (AvgIpc) is 3.31. The van der Waals surface area contributed by atoms with Gasteiger partial charge in [-0.15, -0.1) is 11.3 Å². The lowest BCUT2D eigenvalue weighted by molar-refractivity contribution is 0.252. The number of aromatic amines is 1. The average molecular weight is 362 g/mol. The fraction of sp³-hybridized carbons (Fsp3) is 0.100. The summed E-state index contributed by atoms with van der Waals surface area (Å²) in [5.41, 5.74) is 5.12. The van der Waals surface area contributed by atoms with E-state index in [1.165, 1.54) is 16.0 Å². The van der Waals surface area contributed by atoms with Crippen LogP contribution in [0.1, 0.15) is 6.92 Å². The van der Waals surface area contributed by atoms with Crippen LogP contribution in [0.2, 0.25) is 0 Å². The molecule has 5 nitrogen and oxygen atoms in total. The molecule has 0 aliphatic carbocycles. The van der Waals surface area contributed by atoms with Crippen LogP contribution in [0.25, 0.3) is 32.6 Å². The molecule has 3 N–H and O–H groups in total. The second-order valence-electron chi connectivity index (χ2n) is 5.82. The monoisotopic (exact) mass is 362 g/mol. The molecule has 0 radical (unpaired) electrons. The second kappa shape index (κ2) is 7.01. The lowest BCUT2D eigenvalue weighted by Gasteiger charge is -2.08. The Morgan fingerprint density at radius 3 is 2.77 bits per heavy atom. The third-order valence-corrected chi connectivity index (χ3v) is 5.11. The Morgan fingerprint density at radius 1 is 1.12 bits per heavy atom. The number of anilines is 1. The van der Waals surface area contributed by atoms with E-state index in [2.05, 4.69) is 44.2 Å². The molecule has 4 rings (SSSR count). The summed E-state index contributed by atoms with van der Waals surface area (Å²) < 4.78 is 0. The van der Waals surface area contributed by atoms with Gasteiger partial charge in [0, 0.05) is 46.0 Å². The molecule has 3 heterocycles. The molecule has 0 aliphatic rings. The molecule has 1 aromatic carbocycles. The van der Waals surface area contributed by atoms with E-state index in [1.807, 2.05) is 43.6 Å². The molecule has 0 unspecified atom stereocenters. The molecule has 130 valence electrons. The fourth-order valence-corrected chi connectivity index (χ4v) is 3.93. The van der Waals surface area contributed by atoms with Crippen molar-refractivity contribution in [2.24, 2.45) is 0 Å². The van der Waals surface area contributed by atoms with Crippen molar-refractivity contribution in [3.05, 3.63) is 60.2 Å². The van der Waals surface area contributed by atoms with Gasteiger partial charge in [-0.25, -0.2) is 9.78 Å². The van der Waals surface area contributed by atoms with E-state index >= 15 is 0 Å². The van der Waals surface area contributed by atoms with Gasteiger partial charge in [-0.3, -0.25) is 0 Å². The molecule has 0 atom stereocenters. The lowest BCUT2D eigenvalue weighted by atomic mass is 10.0. The fourth-order valence-electron chi connectivity index (χ4n) is 2.97. The summed E-state index contributed by atoms with van der Waals surface area (Å²) in [6.07, 6.45) is 3.74. The minimum atomic E-state index is -0.192. The number of benzene rings is 1. The van der Waals surface area contributed by atoms with E-state index < -0.39 is 0 Å². The van der Waals surface area contributed by atoms with Crippen LogP contribution in [-0.4, -0.2) is 22.5 Å². The number of nitrogens with zero attached hydrogens (tertiary/aromatic N) is 1. The Kier molecular flexibility index (Phi) is 4.41. The molecular formula is C20H18N4OS. The van der Waals surface area contributed by atoms with E-state index in [0.29, 0.717) is 6.54 Å². The highest BCUT2D eigenvalue weighted by atomic mass is 32.1. The first-order valence-electron chi connectivity index (χ1n) is 8.41. The molecule has 26 heavy (non-hydrogen) atoms. The third kappa shape index (κ3) is 3.07. The van der Waals surface area contributed by atoms with Crippen molar-refractivity contribution in [2.45, 2.75) is 6.92 Å². The number of fused-ring (bicyclic) bond motifs is 1. The number of hydrogen-bond donors (Lipinski definition) is 3. The maximum Gasteiger partial charge on any atom is 0.319 e. The summed E-state index contributed by atoms with van der Waals surface area (Å²) in [5, 5.41) is 8.76. The number of thiophene rings is 1. The van der Waals surface area contributed by atoms with Crippen LogP contribution in [0.3, 0.4) is 0 Å². The van der Waals surface area contributed by atoms with Crippen molar-refractivity contribution < 1.29 is 4.79 Å². The molecule has 0 saturated heterocycles. The van der Waals surface area contributed by atoms with E-state index in [0.717, 1.165) is 22.3 Å². The first kappa shape index (κ1) is 16.4. The van der Waals surface area contributed by atoms with Crippen LogP contribution >= 0.6 is 11.3 Å². The quantitative estimate of drug-likeness (QED) is 0.473. The lowest BCUT2D eigenvalue weighted by Crippen LogP contribution is -2.28. The Labute approximate surface area is 155 Å². The van der Waals surface area contributed by atoms with Gasteiger partial charge in [0.25, 0.3) is 0 Å². The van der Waals surface area contributed by atoms with Crippen LogP contribution in [0.5, 0.6) is 0 Å². The first-order valence-corrected chi connectivity index (χ1v) is 9.29. The summed E-state index contributed by atoms with van der Waals surface area (Å²) >= 11 is 1.72. The molecule has 0 aliphatic heterocycles. The van der Waals surface area contributed by atoms with Crippen molar-refractivity contribution in [3.63, 3.8) is 0 Å². The van der Waals surface area contributed by atoms with Crippen LogP contribution in [0, 0.1) is 0 Å². The van der Waals surface area contributed by atoms with E-state index in [1.54, 1.807) is 11.3 Å². The Balaban J connectivity index is 1.67. The summed E-state index contributed by atoms with van der Waals surface area (Å²) in [4.78, 5) is 20.4. The van der Waals surface area contributed by atoms with Gasteiger partial charge in [-0.1, -0.05) is 12.1 Å². The summed E-state index contributed by atoms with van der Waals surface area (Å²) in [7, 11) is 0. The van der Waals surface area contributed by atoms with Gasteiger partial charge in [0.15, 0.2) is 0 Å². The van der Waals surface area contributed by atoms with Crippen LogP contribution in [0.15, 0.2) is 60.2 Å². The zero-order valence-electron chi connectivity index (χ0n) is 14.2. The maximum absolute atomic E-state index is 11.6. The van der Waals surface area contributed by atoms with Crippen molar-refractivity contribution in [2.75, 3.05) is 11.9 Å². The number of pyridine rings is 1. The van der Waals surface area contributed by atoms with Gasteiger partial charge in [-0.2, -0.15) is 0 Å². The van der Waals surface area contributed by atoms with Crippen LogP contribution < -0.4 is 10.6 Å². The number of urea groups is 1. The summed E-state index contributed by atoms with van der Waals surface area (Å²) in [6.45, 7) is 2.49. The number of nitrogens with one attached hydrogen (secondary N) is 3. The SMILES string of the molecule is CCNC(=O)Nc1ccc(-c2ccsc2-c2ccnc3[nH]ccc23)cc1. The van der Waals surface area contributed by atoms with Gasteiger partial charge >= 0.3 is 6.03 Å². The molecule has 0 fully saturated rings. The predicted molar refractivity (Wildman–Crippen MR) is 108 cm³/mol. The molecule has 2 amide bonds. The minimum Gasteiger partial charge on any atom is -0.346 e. The normalized spacial score (nSPS) is 10.8. The number of amides is 2. The highest BCUT2D eigenvalue weighted by molar-refractivity contribution is 7.14. The minimum absolute atomic E-state index is 0.192. The maximum atomic E-state index is 11.6. The van der Waals surface area contributed by atoms with Crippen molar-refractivity contribution in [3.8, 4) is 21.6 Å². The van der Waals surface area contributed by atoms with Gasteiger partial charge < -0.3 is 15.6 Å². The molecule has 0 spiro atoms. The smallest absolute Gasteiger partial charge is 0.319 e. The zero-order valence-corrected chi connectivity index (χ0v) is 15.1. The Morgan fingerprint density at radius 2 is 1.96 bits per heavy atom. The first-order chi connectivity index (χ1) is 12.8. The standard InChI is InChI=1S/C20H18N4OS/c1-2-21-20(25)24-14-5-3-13(4-6-14)15-9-12-26-18(15)16-7-10-22-19-17(16)8-11-23-19/h3-12H,2H2,1H3,(H,22,23)(H2,21,24,25). The van der Waals surface area contributed by atoms with Gasteiger partial charge in [-0.05, 0) is 48.2 Å². The number of H-pyrrole nitrogens is 1. The number of carbonyl (C=O) groups is 1. The number of rotatable bonds is 4. The molecule has 0 bridgehead atoms. The molecule has 4 aromatic rings. The van der Waals surface area contributed by atoms with E-state index in [-0.39, 0.29) is 6.03 Å². The van der Waals surface area contributed by atoms with Gasteiger partial charge in [0.05, 0.1) is 0 Å². The van der Waals surface area contributed by atoms with Gasteiger partial charge in [0.2, 0.25) is 0 Å². The zero-order chi connectivity index (χ0) is 17.9.